The Bertz CT molecular complexity index is 813. The van der Waals surface area contributed by atoms with Crippen molar-refractivity contribution < 1.29 is 18.7 Å². The van der Waals surface area contributed by atoms with Crippen LogP contribution < -0.4 is 14.8 Å². The number of rotatable bonds is 9. The number of ether oxygens (including phenoxy) is 2. The van der Waals surface area contributed by atoms with Crippen LogP contribution in [0, 0.1) is 5.82 Å². The highest BCUT2D eigenvalue weighted by molar-refractivity contribution is 5.85. The fourth-order valence-corrected chi connectivity index (χ4v) is 3.47. The van der Waals surface area contributed by atoms with Gasteiger partial charge in [0.1, 0.15) is 5.82 Å². The molecule has 0 saturated carbocycles. The van der Waals surface area contributed by atoms with Gasteiger partial charge in [0.25, 0.3) is 5.91 Å². The van der Waals surface area contributed by atoms with Gasteiger partial charge in [0.2, 0.25) is 0 Å². The Hall–Kier alpha value is -2.31. The van der Waals surface area contributed by atoms with E-state index in [4.69, 9.17) is 9.47 Å². The van der Waals surface area contributed by atoms with Crippen LogP contribution in [0.2, 0.25) is 0 Å². The molecule has 30 heavy (non-hydrogen) atoms. The van der Waals surface area contributed by atoms with Gasteiger partial charge in [-0.05, 0) is 61.6 Å². The molecule has 0 atom stereocenters. The molecule has 1 amide bonds. The van der Waals surface area contributed by atoms with Crippen molar-refractivity contribution in [3.05, 3.63) is 59.4 Å². The summed E-state index contributed by atoms with van der Waals surface area (Å²) in [4.78, 5) is 14.1. The summed E-state index contributed by atoms with van der Waals surface area (Å²) in [7, 11) is 1.59. The smallest absolute Gasteiger partial charge is 0.260 e. The first kappa shape index (κ1) is 24.0. The maximum absolute atomic E-state index is 13.6. The number of likely N-dealkylation sites (tertiary alicyclic amines) is 1. The SMILES string of the molecule is COc1cc(CNCCc2ccccc2F)ccc1OCC(=O)N1CCCCC1.Cl. The lowest BCUT2D eigenvalue weighted by Crippen LogP contribution is -2.38. The highest BCUT2D eigenvalue weighted by Crippen LogP contribution is 2.28. The number of piperidine rings is 1. The third-order valence-corrected chi connectivity index (χ3v) is 5.15. The predicted molar refractivity (Wildman–Crippen MR) is 118 cm³/mol. The molecule has 2 aromatic carbocycles. The summed E-state index contributed by atoms with van der Waals surface area (Å²) in [6, 6.07) is 12.5. The monoisotopic (exact) mass is 436 g/mol. The predicted octanol–water partition coefficient (Wildman–Crippen LogP) is 3.98. The van der Waals surface area contributed by atoms with Crippen LogP contribution >= 0.6 is 12.4 Å². The van der Waals surface area contributed by atoms with Crippen LogP contribution in [0.1, 0.15) is 30.4 Å². The number of nitrogens with zero attached hydrogens (tertiary/aromatic N) is 1. The van der Waals surface area contributed by atoms with Gasteiger partial charge < -0.3 is 19.7 Å². The third kappa shape index (κ3) is 6.89. The van der Waals surface area contributed by atoms with E-state index in [2.05, 4.69) is 5.32 Å². The molecule has 1 N–H and O–H groups in total. The topological polar surface area (TPSA) is 50.8 Å². The highest BCUT2D eigenvalue weighted by atomic mass is 35.5. The van der Waals surface area contributed by atoms with Gasteiger partial charge >= 0.3 is 0 Å². The molecule has 164 valence electrons. The fraction of sp³-hybridized carbons (Fsp3) is 0.435. The minimum atomic E-state index is -0.170. The van der Waals surface area contributed by atoms with E-state index in [-0.39, 0.29) is 30.7 Å². The Kier molecular flexibility index (Phi) is 9.91. The van der Waals surface area contributed by atoms with Gasteiger partial charge in [0.05, 0.1) is 7.11 Å². The zero-order chi connectivity index (χ0) is 20.5. The molecule has 0 unspecified atom stereocenters. The zero-order valence-corrected chi connectivity index (χ0v) is 18.2. The molecular formula is C23H30ClFN2O3. The van der Waals surface area contributed by atoms with E-state index in [0.29, 0.717) is 36.6 Å². The quantitative estimate of drug-likeness (QED) is 0.604. The molecule has 1 aliphatic rings. The Morgan fingerprint density at radius 2 is 1.87 bits per heavy atom. The minimum absolute atomic E-state index is 0. The molecule has 0 radical (unpaired) electrons. The third-order valence-electron chi connectivity index (χ3n) is 5.15. The Balaban J connectivity index is 0.00000320. The minimum Gasteiger partial charge on any atom is -0.493 e. The van der Waals surface area contributed by atoms with E-state index in [1.807, 2.05) is 29.2 Å². The van der Waals surface area contributed by atoms with Gasteiger partial charge in [-0.1, -0.05) is 24.3 Å². The number of nitrogens with one attached hydrogen (secondary N) is 1. The lowest BCUT2D eigenvalue weighted by molar-refractivity contribution is -0.134. The summed E-state index contributed by atoms with van der Waals surface area (Å²) in [5.41, 5.74) is 1.74. The average Bonchev–Trinajstić information content (AvgIpc) is 2.77. The lowest BCUT2D eigenvalue weighted by atomic mass is 10.1. The number of amides is 1. The molecule has 1 heterocycles. The lowest BCUT2D eigenvalue weighted by Gasteiger charge is -2.26. The summed E-state index contributed by atoms with van der Waals surface area (Å²) in [5.74, 6) is 1.01. The van der Waals surface area contributed by atoms with E-state index in [9.17, 15) is 9.18 Å². The molecule has 1 aliphatic heterocycles. The molecule has 1 saturated heterocycles. The number of hydrogen-bond acceptors (Lipinski definition) is 4. The number of hydrogen-bond donors (Lipinski definition) is 1. The van der Waals surface area contributed by atoms with Gasteiger partial charge in [-0.3, -0.25) is 4.79 Å². The van der Waals surface area contributed by atoms with E-state index in [0.717, 1.165) is 31.5 Å². The summed E-state index contributed by atoms with van der Waals surface area (Å²) >= 11 is 0. The standard InChI is InChI=1S/C23H29FN2O3.ClH/c1-28-22-15-18(16-25-12-11-19-7-3-4-8-20(19)24)9-10-21(22)29-17-23(27)26-13-5-2-6-14-26;/h3-4,7-10,15,25H,2,5-6,11-14,16-17H2,1H3;1H. The van der Waals surface area contributed by atoms with Crippen LogP contribution in [-0.4, -0.2) is 44.2 Å². The van der Waals surface area contributed by atoms with Crippen LogP contribution in [0.25, 0.3) is 0 Å². The van der Waals surface area contributed by atoms with E-state index in [1.165, 1.54) is 12.5 Å². The van der Waals surface area contributed by atoms with Crippen LogP contribution in [0.4, 0.5) is 4.39 Å². The summed E-state index contributed by atoms with van der Waals surface area (Å²) < 4.78 is 24.8. The highest BCUT2D eigenvalue weighted by Gasteiger charge is 2.17. The summed E-state index contributed by atoms with van der Waals surface area (Å²) in [5, 5.41) is 3.32. The first-order chi connectivity index (χ1) is 14.2. The summed E-state index contributed by atoms with van der Waals surface area (Å²) in [6.07, 6.45) is 3.94. The molecule has 5 nitrogen and oxygen atoms in total. The van der Waals surface area contributed by atoms with Crippen molar-refractivity contribution in [1.29, 1.82) is 0 Å². The molecule has 0 aromatic heterocycles. The van der Waals surface area contributed by atoms with Crippen LogP contribution in [0.3, 0.4) is 0 Å². The van der Waals surface area contributed by atoms with E-state index < -0.39 is 0 Å². The first-order valence-corrected chi connectivity index (χ1v) is 10.2. The molecule has 3 rings (SSSR count). The Morgan fingerprint density at radius 1 is 1.10 bits per heavy atom. The van der Waals surface area contributed by atoms with Gasteiger partial charge in [-0.25, -0.2) is 4.39 Å². The largest absolute Gasteiger partial charge is 0.493 e. The number of carbonyl (C=O) groups excluding carboxylic acids is 1. The van der Waals surface area contributed by atoms with Gasteiger partial charge in [-0.2, -0.15) is 0 Å². The Labute approximate surface area is 184 Å². The molecule has 1 fully saturated rings. The molecule has 0 aliphatic carbocycles. The number of methoxy groups -OCH3 is 1. The van der Waals surface area contributed by atoms with Crippen LogP contribution in [0.5, 0.6) is 11.5 Å². The molecule has 7 heteroatoms. The second kappa shape index (κ2) is 12.4. The summed E-state index contributed by atoms with van der Waals surface area (Å²) in [6.45, 7) is 2.97. The van der Waals surface area contributed by atoms with Crippen molar-refractivity contribution in [3.63, 3.8) is 0 Å². The van der Waals surface area contributed by atoms with Crippen molar-refractivity contribution >= 4 is 18.3 Å². The second-order valence-corrected chi connectivity index (χ2v) is 7.23. The number of benzene rings is 2. The van der Waals surface area contributed by atoms with Crippen LogP contribution in [0.15, 0.2) is 42.5 Å². The van der Waals surface area contributed by atoms with Gasteiger partial charge in [0, 0.05) is 19.6 Å². The van der Waals surface area contributed by atoms with Gasteiger partial charge in [-0.15, -0.1) is 12.4 Å². The normalized spacial score (nSPS) is 13.5. The molecule has 0 bridgehead atoms. The number of carbonyl (C=O) groups is 1. The molecule has 2 aromatic rings. The van der Waals surface area contributed by atoms with Gasteiger partial charge in [0.15, 0.2) is 18.1 Å². The van der Waals surface area contributed by atoms with E-state index >= 15 is 0 Å². The average molecular weight is 437 g/mol. The number of halogens is 2. The zero-order valence-electron chi connectivity index (χ0n) is 17.4. The molecule has 0 spiro atoms. The van der Waals surface area contributed by atoms with Crippen molar-refractivity contribution in [1.82, 2.24) is 10.2 Å². The van der Waals surface area contributed by atoms with Crippen molar-refractivity contribution in [2.24, 2.45) is 0 Å². The van der Waals surface area contributed by atoms with E-state index in [1.54, 1.807) is 19.2 Å². The van der Waals surface area contributed by atoms with Crippen molar-refractivity contribution in [2.75, 3.05) is 33.4 Å². The van der Waals surface area contributed by atoms with Crippen molar-refractivity contribution in [3.8, 4) is 11.5 Å². The Morgan fingerprint density at radius 3 is 2.60 bits per heavy atom. The maximum Gasteiger partial charge on any atom is 0.260 e. The van der Waals surface area contributed by atoms with Crippen LogP contribution in [-0.2, 0) is 17.8 Å². The second-order valence-electron chi connectivity index (χ2n) is 7.23. The molecular weight excluding hydrogens is 407 g/mol. The van der Waals surface area contributed by atoms with Crippen molar-refractivity contribution in [2.45, 2.75) is 32.2 Å². The fourth-order valence-electron chi connectivity index (χ4n) is 3.47. The maximum atomic E-state index is 13.6. The first-order valence-electron chi connectivity index (χ1n) is 10.2.